The quantitative estimate of drug-likeness (QED) is 0.708. The molecule has 124 valence electrons. The Labute approximate surface area is 136 Å². The Morgan fingerprint density at radius 1 is 0.913 bits per heavy atom. The van der Waals surface area contributed by atoms with Gasteiger partial charge in [0.15, 0.2) is 0 Å². The van der Waals surface area contributed by atoms with Crippen molar-refractivity contribution in [3.8, 4) is 0 Å². The largest absolute Gasteiger partial charge is 0.378 e. The van der Waals surface area contributed by atoms with Gasteiger partial charge in [-0.25, -0.2) is 0 Å². The highest BCUT2D eigenvalue weighted by Crippen LogP contribution is 2.18. The SMILES string of the molecule is Cc1cccc(N2CCN(C(=O)C(=O)N3CCOCC3)CC2)c1. The number of carbonyl (C=O) groups excluding carboxylic acids is 2. The smallest absolute Gasteiger partial charge is 0.312 e. The van der Waals surface area contributed by atoms with Gasteiger partial charge in [-0.1, -0.05) is 12.1 Å². The summed E-state index contributed by atoms with van der Waals surface area (Å²) in [5.74, 6) is -0.770. The van der Waals surface area contributed by atoms with Gasteiger partial charge in [-0.3, -0.25) is 9.59 Å². The number of morpholine rings is 1. The van der Waals surface area contributed by atoms with Gasteiger partial charge in [-0.05, 0) is 24.6 Å². The fraction of sp³-hybridized carbons (Fsp3) is 0.529. The molecule has 0 atom stereocenters. The Kier molecular flexibility index (Phi) is 4.81. The summed E-state index contributed by atoms with van der Waals surface area (Å²) in [5, 5.41) is 0. The fourth-order valence-corrected chi connectivity index (χ4v) is 3.03. The van der Waals surface area contributed by atoms with Crippen LogP contribution in [-0.4, -0.2) is 74.1 Å². The standard InChI is InChI=1S/C17H23N3O3/c1-14-3-2-4-15(13-14)18-5-7-19(8-6-18)16(21)17(22)20-9-11-23-12-10-20/h2-4,13H,5-12H2,1H3. The number of aryl methyl sites for hydroxylation is 1. The lowest BCUT2D eigenvalue weighted by Gasteiger charge is -2.37. The van der Waals surface area contributed by atoms with Gasteiger partial charge >= 0.3 is 11.8 Å². The summed E-state index contributed by atoms with van der Waals surface area (Å²) in [6.07, 6.45) is 0. The number of nitrogens with zero attached hydrogens (tertiary/aromatic N) is 3. The van der Waals surface area contributed by atoms with Crippen LogP contribution in [0.1, 0.15) is 5.56 Å². The third kappa shape index (κ3) is 3.64. The van der Waals surface area contributed by atoms with Crippen molar-refractivity contribution in [3.63, 3.8) is 0 Å². The molecule has 23 heavy (non-hydrogen) atoms. The van der Waals surface area contributed by atoms with Crippen molar-refractivity contribution in [2.24, 2.45) is 0 Å². The summed E-state index contributed by atoms with van der Waals surface area (Å²) in [6, 6.07) is 8.36. The summed E-state index contributed by atoms with van der Waals surface area (Å²) < 4.78 is 5.22. The Bertz CT molecular complexity index is 576. The monoisotopic (exact) mass is 317 g/mol. The Morgan fingerprint density at radius 3 is 2.13 bits per heavy atom. The van der Waals surface area contributed by atoms with E-state index in [1.54, 1.807) is 9.80 Å². The van der Waals surface area contributed by atoms with Crippen LogP contribution in [0, 0.1) is 6.92 Å². The van der Waals surface area contributed by atoms with Crippen molar-refractivity contribution in [2.75, 3.05) is 57.4 Å². The lowest BCUT2D eigenvalue weighted by molar-refractivity contribution is -0.154. The Morgan fingerprint density at radius 2 is 1.52 bits per heavy atom. The summed E-state index contributed by atoms with van der Waals surface area (Å²) >= 11 is 0. The first kappa shape index (κ1) is 15.8. The zero-order chi connectivity index (χ0) is 16.2. The van der Waals surface area contributed by atoms with Crippen LogP contribution in [0.2, 0.25) is 0 Å². The number of hydrogen-bond donors (Lipinski definition) is 0. The van der Waals surface area contributed by atoms with Crippen molar-refractivity contribution < 1.29 is 14.3 Å². The van der Waals surface area contributed by atoms with Gasteiger partial charge in [0.25, 0.3) is 0 Å². The third-order valence-electron chi connectivity index (χ3n) is 4.41. The molecule has 1 aromatic carbocycles. The maximum atomic E-state index is 12.4. The molecule has 2 heterocycles. The van der Waals surface area contributed by atoms with Crippen LogP contribution < -0.4 is 4.90 Å². The van der Waals surface area contributed by atoms with Crippen LogP contribution in [0.4, 0.5) is 5.69 Å². The van der Waals surface area contributed by atoms with Crippen LogP contribution in [0.5, 0.6) is 0 Å². The van der Waals surface area contributed by atoms with Gasteiger partial charge < -0.3 is 19.4 Å². The molecule has 6 nitrogen and oxygen atoms in total. The van der Waals surface area contributed by atoms with E-state index >= 15 is 0 Å². The van der Waals surface area contributed by atoms with Crippen LogP contribution >= 0.6 is 0 Å². The number of benzene rings is 1. The van der Waals surface area contributed by atoms with Crippen molar-refractivity contribution in [1.82, 2.24) is 9.80 Å². The molecule has 2 fully saturated rings. The molecule has 0 aliphatic carbocycles. The topological polar surface area (TPSA) is 53.1 Å². The van der Waals surface area contributed by atoms with Gasteiger partial charge in [-0.2, -0.15) is 0 Å². The summed E-state index contributed by atoms with van der Waals surface area (Å²) in [4.78, 5) is 30.2. The van der Waals surface area contributed by atoms with E-state index < -0.39 is 5.91 Å². The first-order chi connectivity index (χ1) is 11.1. The van der Waals surface area contributed by atoms with Crippen LogP contribution in [0.15, 0.2) is 24.3 Å². The molecule has 0 bridgehead atoms. The second-order valence-corrected chi connectivity index (χ2v) is 6.02. The predicted octanol–water partition coefficient (Wildman–Crippen LogP) is 0.502. The number of ether oxygens (including phenoxy) is 1. The zero-order valence-electron chi connectivity index (χ0n) is 13.5. The van der Waals surface area contributed by atoms with Crippen LogP contribution in [0.3, 0.4) is 0 Å². The lowest BCUT2D eigenvalue weighted by atomic mass is 10.2. The molecule has 6 heteroatoms. The minimum absolute atomic E-state index is 0.379. The van der Waals surface area contributed by atoms with Crippen molar-refractivity contribution in [1.29, 1.82) is 0 Å². The van der Waals surface area contributed by atoms with Crippen molar-refractivity contribution >= 4 is 17.5 Å². The zero-order valence-corrected chi connectivity index (χ0v) is 13.5. The van der Waals surface area contributed by atoms with Gasteiger partial charge in [0.05, 0.1) is 13.2 Å². The van der Waals surface area contributed by atoms with E-state index in [4.69, 9.17) is 4.74 Å². The van der Waals surface area contributed by atoms with Gasteiger partial charge in [0.1, 0.15) is 0 Å². The Balaban J connectivity index is 1.55. The fourth-order valence-electron chi connectivity index (χ4n) is 3.03. The molecule has 2 aliphatic rings. The second kappa shape index (κ2) is 7.00. The number of amides is 2. The molecule has 2 aliphatic heterocycles. The maximum absolute atomic E-state index is 12.4. The molecule has 0 saturated carbocycles. The van der Waals surface area contributed by atoms with Gasteiger partial charge in [0, 0.05) is 45.0 Å². The molecule has 0 aromatic heterocycles. The highest BCUT2D eigenvalue weighted by molar-refractivity contribution is 6.34. The van der Waals surface area contributed by atoms with Crippen LogP contribution in [-0.2, 0) is 14.3 Å². The molecule has 0 spiro atoms. The van der Waals surface area contributed by atoms with Gasteiger partial charge in [-0.15, -0.1) is 0 Å². The normalized spacial score (nSPS) is 18.9. The predicted molar refractivity (Wildman–Crippen MR) is 87.4 cm³/mol. The van der Waals surface area contributed by atoms with Gasteiger partial charge in [0.2, 0.25) is 0 Å². The highest BCUT2D eigenvalue weighted by Gasteiger charge is 2.30. The van der Waals surface area contributed by atoms with E-state index in [1.807, 2.05) is 6.07 Å². The second-order valence-electron chi connectivity index (χ2n) is 6.02. The summed E-state index contributed by atoms with van der Waals surface area (Å²) in [7, 11) is 0. The van der Waals surface area contributed by atoms with E-state index in [0.29, 0.717) is 39.4 Å². The third-order valence-corrected chi connectivity index (χ3v) is 4.41. The number of carbonyl (C=O) groups is 2. The molecule has 0 unspecified atom stereocenters. The van der Waals surface area contributed by atoms with Crippen molar-refractivity contribution in [2.45, 2.75) is 6.92 Å². The summed E-state index contributed by atoms with van der Waals surface area (Å²) in [5.41, 5.74) is 2.40. The van der Waals surface area contributed by atoms with Crippen molar-refractivity contribution in [3.05, 3.63) is 29.8 Å². The highest BCUT2D eigenvalue weighted by atomic mass is 16.5. The number of piperazine rings is 1. The lowest BCUT2D eigenvalue weighted by Crippen LogP contribution is -2.54. The molecule has 1 aromatic rings. The Hall–Kier alpha value is -2.08. The maximum Gasteiger partial charge on any atom is 0.312 e. The van der Waals surface area contributed by atoms with E-state index in [1.165, 1.54) is 11.3 Å². The molecule has 2 amide bonds. The van der Waals surface area contributed by atoms with E-state index in [-0.39, 0.29) is 5.91 Å². The number of rotatable bonds is 1. The molecule has 0 radical (unpaired) electrons. The van der Waals surface area contributed by atoms with E-state index in [2.05, 4.69) is 30.0 Å². The molecular weight excluding hydrogens is 294 g/mol. The number of anilines is 1. The molecule has 0 N–H and O–H groups in total. The first-order valence-corrected chi connectivity index (χ1v) is 8.13. The first-order valence-electron chi connectivity index (χ1n) is 8.13. The average molecular weight is 317 g/mol. The van der Waals surface area contributed by atoms with Crippen LogP contribution in [0.25, 0.3) is 0 Å². The molecule has 2 saturated heterocycles. The average Bonchev–Trinajstić information content (AvgIpc) is 2.61. The minimum atomic E-state index is -0.391. The number of hydrogen-bond acceptors (Lipinski definition) is 4. The van der Waals surface area contributed by atoms with E-state index in [9.17, 15) is 9.59 Å². The summed E-state index contributed by atoms with van der Waals surface area (Å²) in [6.45, 7) is 6.80. The minimum Gasteiger partial charge on any atom is -0.378 e. The molecule has 3 rings (SSSR count). The van der Waals surface area contributed by atoms with E-state index in [0.717, 1.165) is 13.1 Å². The molecular formula is C17H23N3O3.